The topological polar surface area (TPSA) is 66.4 Å². The second-order valence-electron chi connectivity index (χ2n) is 5.07. The normalized spacial score (nSPS) is 22.1. The van der Waals surface area contributed by atoms with Gasteiger partial charge in [0.15, 0.2) is 0 Å². The van der Waals surface area contributed by atoms with E-state index in [0.717, 1.165) is 12.1 Å². The van der Waals surface area contributed by atoms with Crippen LogP contribution in [0.15, 0.2) is 18.2 Å². The number of carbonyl (C=O) groups excluding carboxylic acids is 1. The molecule has 1 aliphatic carbocycles. The van der Waals surface area contributed by atoms with Gasteiger partial charge in [0, 0.05) is 23.9 Å². The average molecular weight is 283 g/mol. The van der Waals surface area contributed by atoms with Crippen LogP contribution in [-0.2, 0) is 9.59 Å². The molecule has 2 rings (SSSR count). The second-order valence-corrected chi connectivity index (χ2v) is 5.07. The van der Waals surface area contributed by atoms with Gasteiger partial charge in [-0.3, -0.25) is 9.59 Å². The molecule has 3 atom stereocenters. The molecule has 1 aliphatic rings. The Balaban J connectivity index is 1.95. The van der Waals surface area contributed by atoms with Crippen molar-refractivity contribution in [2.45, 2.75) is 19.3 Å². The van der Waals surface area contributed by atoms with Crippen molar-refractivity contribution in [3.05, 3.63) is 35.4 Å². The van der Waals surface area contributed by atoms with Gasteiger partial charge in [-0.25, -0.2) is 8.78 Å². The molecule has 0 spiro atoms. The number of hydrogen-bond donors (Lipinski definition) is 2. The Bertz CT molecular complexity index is 527. The van der Waals surface area contributed by atoms with Crippen molar-refractivity contribution in [2.24, 2.45) is 11.8 Å². The monoisotopic (exact) mass is 283 g/mol. The maximum Gasteiger partial charge on any atom is 0.308 e. The van der Waals surface area contributed by atoms with Crippen molar-refractivity contribution >= 4 is 11.9 Å². The fourth-order valence-electron chi connectivity index (χ4n) is 2.14. The minimum absolute atomic E-state index is 0.0111. The zero-order valence-electron chi connectivity index (χ0n) is 10.9. The third-order valence-electron chi connectivity index (χ3n) is 3.50. The lowest BCUT2D eigenvalue weighted by atomic mass is 10.1. The Morgan fingerprint density at radius 3 is 2.55 bits per heavy atom. The Labute approximate surface area is 114 Å². The number of carboxylic acids is 1. The van der Waals surface area contributed by atoms with E-state index in [2.05, 4.69) is 5.32 Å². The minimum atomic E-state index is -1.00. The van der Waals surface area contributed by atoms with E-state index in [-0.39, 0.29) is 18.0 Å². The fourth-order valence-corrected chi connectivity index (χ4v) is 2.14. The fraction of sp³-hybridized carbons (Fsp3) is 0.429. The molecular weight excluding hydrogens is 268 g/mol. The standard InChI is InChI=1S/C14H15F2NO3/c1-7(14(19)20)6-17-13(18)9-5-8(9)12-10(15)3-2-4-11(12)16/h2-4,7-9H,5-6H2,1H3,(H,17,18)(H,19,20). The molecule has 1 fully saturated rings. The highest BCUT2D eigenvalue weighted by molar-refractivity contribution is 5.83. The number of hydrogen-bond acceptors (Lipinski definition) is 2. The molecular formula is C14H15F2NO3. The molecule has 0 saturated heterocycles. The highest BCUT2D eigenvalue weighted by Gasteiger charge is 2.46. The van der Waals surface area contributed by atoms with E-state index in [9.17, 15) is 18.4 Å². The summed E-state index contributed by atoms with van der Waals surface area (Å²) in [5.74, 6) is -4.29. The van der Waals surface area contributed by atoms with E-state index in [1.807, 2.05) is 0 Å². The van der Waals surface area contributed by atoms with E-state index in [0.29, 0.717) is 6.42 Å². The molecule has 1 saturated carbocycles. The summed E-state index contributed by atoms with van der Waals surface area (Å²) in [6.07, 6.45) is 0.380. The lowest BCUT2D eigenvalue weighted by molar-refractivity contribution is -0.141. The lowest BCUT2D eigenvalue weighted by Crippen LogP contribution is -2.32. The van der Waals surface area contributed by atoms with Crippen molar-refractivity contribution in [3.63, 3.8) is 0 Å². The number of nitrogens with one attached hydrogen (secondary N) is 1. The largest absolute Gasteiger partial charge is 0.481 e. The molecule has 0 bridgehead atoms. The summed E-state index contributed by atoms with van der Waals surface area (Å²) in [6, 6.07) is 3.61. The van der Waals surface area contributed by atoms with Gasteiger partial charge in [0.05, 0.1) is 5.92 Å². The van der Waals surface area contributed by atoms with Crippen molar-refractivity contribution in [1.82, 2.24) is 5.32 Å². The lowest BCUT2D eigenvalue weighted by Gasteiger charge is -2.08. The molecule has 6 heteroatoms. The minimum Gasteiger partial charge on any atom is -0.481 e. The van der Waals surface area contributed by atoms with Gasteiger partial charge < -0.3 is 10.4 Å². The van der Waals surface area contributed by atoms with Crippen LogP contribution in [0.1, 0.15) is 24.8 Å². The SMILES string of the molecule is CC(CNC(=O)C1CC1c1c(F)cccc1F)C(=O)O. The van der Waals surface area contributed by atoms with Crippen LogP contribution in [0.3, 0.4) is 0 Å². The highest BCUT2D eigenvalue weighted by atomic mass is 19.1. The van der Waals surface area contributed by atoms with Gasteiger partial charge in [-0.05, 0) is 18.6 Å². The Morgan fingerprint density at radius 2 is 2.00 bits per heavy atom. The first-order chi connectivity index (χ1) is 9.41. The number of carbonyl (C=O) groups is 2. The van der Waals surface area contributed by atoms with E-state index >= 15 is 0 Å². The first kappa shape index (κ1) is 14.4. The van der Waals surface area contributed by atoms with Crippen molar-refractivity contribution in [2.75, 3.05) is 6.54 Å². The third kappa shape index (κ3) is 2.95. The maximum atomic E-state index is 13.5. The molecule has 3 unspecified atom stereocenters. The molecule has 108 valence electrons. The summed E-state index contributed by atoms with van der Waals surface area (Å²) >= 11 is 0. The van der Waals surface area contributed by atoms with Crippen LogP contribution in [0.2, 0.25) is 0 Å². The summed E-state index contributed by atoms with van der Waals surface area (Å²) < 4.78 is 27.1. The quantitative estimate of drug-likeness (QED) is 0.867. The maximum absolute atomic E-state index is 13.5. The predicted molar refractivity (Wildman–Crippen MR) is 67.0 cm³/mol. The second kappa shape index (κ2) is 5.56. The average Bonchev–Trinajstić information content (AvgIpc) is 3.15. The summed E-state index contributed by atoms with van der Waals surface area (Å²) in [6.45, 7) is 1.49. The molecule has 1 amide bonds. The Kier molecular flexibility index (Phi) is 4.01. The summed E-state index contributed by atoms with van der Waals surface area (Å²) in [7, 11) is 0. The van der Waals surface area contributed by atoms with Gasteiger partial charge in [0.25, 0.3) is 0 Å². The van der Waals surface area contributed by atoms with Crippen LogP contribution in [0, 0.1) is 23.5 Å². The number of carboxylic acid groups (broad SMARTS) is 1. The Hall–Kier alpha value is -1.98. The first-order valence-corrected chi connectivity index (χ1v) is 6.36. The smallest absolute Gasteiger partial charge is 0.308 e. The summed E-state index contributed by atoms with van der Waals surface area (Å²) in [4.78, 5) is 22.4. The first-order valence-electron chi connectivity index (χ1n) is 6.36. The highest BCUT2D eigenvalue weighted by Crippen LogP contribution is 2.49. The van der Waals surface area contributed by atoms with Crippen LogP contribution in [0.25, 0.3) is 0 Å². The van der Waals surface area contributed by atoms with E-state index in [1.165, 1.54) is 13.0 Å². The molecule has 0 radical (unpaired) electrons. The molecule has 1 aromatic rings. The van der Waals surface area contributed by atoms with E-state index in [1.54, 1.807) is 0 Å². The molecule has 0 aromatic heterocycles. The predicted octanol–water partition coefficient (Wildman–Crippen LogP) is 1.91. The molecule has 4 nitrogen and oxygen atoms in total. The molecule has 2 N–H and O–H groups in total. The number of aliphatic carboxylic acids is 1. The molecule has 1 aromatic carbocycles. The van der Waals surface area contributed by atoms with Gasteiger partial charge in [0.2, 0.25) is 5.91 Å². The third-order valence-corrected chi connectivity index (χ3v) is 3.50. The zero-order chi connectivity index (χ0) is 14.9. The van der Waals surface area contributed by atoms with Gasteiger partial charge in [0.1, 0.15) is 11.6 Å². The summed E-state index contributed by atoms with van der Waals surface area (Å²) in [5.41, 5.74) is -0.0565. The van der Waals surface area contributed by atoms with Crippen LogP contribution in [0.4, 0.5) is 8.78 Å². The van der Waals surface area contributed by atoms with Crippen LogP contribution in [0.5, 0.6) is 0 Å². The van der Waals surface area contributed by atoms with Gasteiger partial charge in [-0.15, -0.1) is 0 Å². The Morgan fingerprint density at radius 1 is 1.40 bits per heavy atom. The number of rotatable bonds is 5. The van der Waals surface area contributed by atoms with E-state index in [4.69, 9.17) is 5.11 Å². The van der Waals surface area contributed by atoms with Crippen LogP contribution < -0.4 is 5.32 Å². The van der Waals surface area contributed by atoms with Crippen molar-refractivity contribution in [3.8, 4) is 0 Å². The van der Waals surface area contributed by atoms with Gasteiger partial charge in [-0.1, -0.05) is 13.0 Å². The molecule has 20 heavy (non-hydrogen) atoms. The van der Waals surface area contributed by atoms with Crippen LogP contribution in [-0.4, -0.2) is 23.5 Å². The van der Waals surface area contributed by atoms with Crippen molar-refractivity contribution < 1.29 is 23.5 Å². The number of halogens is 2. The van der Waals surface area contributed by atoms with Crippen LogP contribution >= 0.6 is 0 Å². The number of benzene rings is 1. The number of amides is 1. The molecule has 0 aliphatic heterocycles. The zero-order valence-corrected chi connectivity index (χ0v) is 10.9. The molecule has 0 heterocycles. The summed E-state index contributed by atoms with van der Waals surface area (Å²) in [5, 5.41) is 11.2. The van der Waals surface area contributed by atoms with Crippen molar-refractivity contribution in [1.29, 1.82) is 0 Å². The van der Waals surface area contributed by atoms with Gasteiger partial charge in [-0.2, -0.15) is 0 Å². The van der Waals surface area contributed by atoms with E-state index < -0.39 is 35.4 Å². The van der Waals surface area contributed by atoms with Gasteiger partial charge >= 0.3 is 5.97 Å².